The highest BCUT2D eigenvalue weighted by Crippen LogP contribution is 2.30. The van der Waals surface area contributed by atoms with E-state index in [1.54, 1.807) is 5.32 Å². The Labute approximate surface area is 124 Å². The molecule has 0 aliphatic carbocycles. The summed E-state index contributed by atoms with van der Waals surface area (Å²) in [4.78, 5) is 10.7. The van der Waals surface area contributed by atoms with Crippen LogP contribution in [0.2, 0.25) is 0 Å². The van der Waals surface area contributed by atoms with E-state index in [-0.39, 0.29) is 13.0 Å². The lowest BCUT2D eigenvalue weighted by molar-refractivity contribution is -0.173. The number of rotatable bonds is 6. The van der Waals surface area contributed by atoms with Crippen LogP contribution in [-0.2, 0) is 11.2 Å². The number of methoxy groups -OCH3 is 2. The van der Waals surface area contributed by atoms with Crippen LogP contribution in [0.25, 0.3) is 6.08 Å². The summed E-state index contributed by atoms with van der Waals surface area (Å²) in [6, 6.07) is 3.02. The fraction of sp³-hybridized carbons (Fsp3) is 0.357. The second-order valence-electron chi connectivity index (χ2n) is 4.20. The molecule has 1 rings (SSSR count). The molecule has 4 nitrogen and oxygen atoms in total. The Hall–Kier alpha value is -2.25. The molecule has 1 amide bonds. The summed E-state index contributed by atoms with van der Waals surface area (Å²) >= 11 is 0. The first-order valence-corrected chi connectivity index (χ1v) is 6.20. The first-order chi connectivity index (χ1) is 10.3. The molecule has 1 aromatic rings. The molecule has 0 aromatic heterocycles. The minimum atomic E-state index is -4.92. The Balaban J connectivity index is 2.88. The number of amides is 1. The van der Waals surface area contributed by atoms with Gasteiger partial charge in [-0.15, -0.1) is 0 Å². The van der Waals surface area contributed by atoms with Crippen molar-refractivity contribution in [1.82, 2.24) is 5.32 Å². The van der Waals surface area contributed by atoms with E-state index in [1.165, 1.54) is 26.4 Å². The fourth-order valence-corrected chi connectivity index (χ4v) is 1.79. The minimum absolute atomic E-state index is 0.0982. The third-order valence-corrected chi connectivity index (χ3v) is 2.81. The van der Waals surface area contributed by atoms with Gasteiger partial charge in [0.15, 0.2) is 0 Å². The first kappa shape index (κ1) is 17.8. The van der Waals surface area contributed by atoms with Crippen molar-refractivity contribution in [3.63, 3.8) is 0 Å². The second-order valence-corrected chi connectivity index (χ2v) is 4.20. The van der Waals surface area contributed by atoms with Crippen LogP contribution >= 0.6 is 0 Å². The molecular weight excluding hydrogens is 306 g/mol. The lowest BCUT2D eigenvalue weighted by Gasteiger charge is -2.14. The second kappa shape index (κ2) is 7.67. The SMILES string of the molecule is COc1cc(CCNC(=O)C(F)(F)F)c(OC)cc1/C=C/F. The van der Waals surface area contributed by atoms with E-state index in [0.717, 1.165) is 6.08 Å². The first-order valence-electron chi connectivity index (χ1n) is 6.20. The molecule has 8 heteroatoms. The van der Waals surface area contributed by atoms with Crippen LogP contribution in [0.1, 0.15) is 11.1 Å². The highest BCUT2D eigenvalue weighted by atomic mass is 19.4. The monoisotopic (exact) mass is 321 g/mol. The highest BCUT2D eigenvalue weighted by Gasteiger charge is 2.38. The molecule has 0 aliphatic rings. The summed E-state index contributed by atoms with van der Waals surface area (Å²) < 4.78 is 58.7. The van der Waals surface area contributed by atoms with Gasteiger partial charge in [0.25, 0.3) is 0 Å². The van der Waals surface area contributed by atoms with Crippen molar-refractivity contribution in [2.75, 3.05) is 20.8 Å². The normalized spacial score (nSPS) is 11.5. The molecule has 0 heterocycles. The van der Waals surface area contributed by atoms with Crippen LogP contribution < -0.4 is 14.8 Å². The summed E-state index contributed by atoms with van der Waals surface area (Å²) in [5.41, 5.74) is 0.947. The van der Waals surface area contributed by atoms with E-state index in [9.17, 15) is 22.4 Å². The van der Waals surface area contributed by atoms with Gasteiger partial charge in [-0.2, -0.15) is 13.2 Å². The van der Waals surface area contributed by atoms with Gasteiger partial charge in [0.05, 0.1) is 20.5 Å². The summed E-state index contributed by atoms with van der Waals surface area (Å²) in [6.45, 7) is -0.226. The summed E-state index contributed by atoms with van der Waals surface area (Å²) in [5.74, 6) is -1.31. The Morgan fingerprint density at radius 1 is 1.23 bits per heavy atom. The zero-order valence-electron chi connectivity index (χ0n) is 12.0. The molecule has 0 saturated heterocycles. The number of carbonyl (C=O) groups is 1. The Kier molecular flexibility index (Phi) is 6.21. The molecule has 0 unspecified atom stereocenters. The van der Waals surface area contributed by atoms with E-state index < -0.39 is 12.1 Å². The Bertz CT molecular complexity index is 556. The average Bonchev–Trinajstić information content (AvgIpc) is 2.47. The van der Waals surface area contributed by atoms with E-state index >= 15 is 0 Å². The molecule has 0 atom stereocenters. The van der Waals surface area contributed by atoms with Gasteiger partial charge in [-0.05, 0) is 30.2 Å². The van der Waals surface area contributed by atoms with Crippen molar-refractivity contribution in [1.29, 1.82) is 0 Å². The van der Waals surface area contributed by atoms with Gasteiger partial charge in [0.1, 0.15) is 11.5 Å². The number of hydrogen-bond acceptors (Lipinski definition) is 3. The van der Waals surface area contributed by atoms with Crippen LogP contribution in [0, 0.1) is 0 Å². The van der Waals surface area contributed by atoms with E-state index in [2.05, 4.69) is 0 Å². The molecule has 22 heavy (non-hydrogen) atoms. The number of hydrogen-bond donors (Lipinski definition) is 1. The van der Waals surface area contributed by atoms with Crippen LogP contribution in [-0.4, -0.2) is 32.8 Å². The Morgan fingerprint density at radius 2 is 1.86 bits per heavy atom. The van der Waals surface area contributed by atoms with Crippen molar-refractivity contribution < 1.29 is 31.8 Å². The van der Waals surface area contributed by atoms with Gasteiger partial charge in [-0.25, -0.2) is 4.39 Å². The van der Waals surface area contributed by atoms with Gasteiger partial charge < -0.3 is 14.8 Å². The number of benzene rings is 1. The zero-order chi connectivity index (χ0) is 16.8. The molecule has 1 N–H and O–H groups in total. The molecule has 0 aliphatic heterocycles. The highest BCUT2D eigenvalue weighted by molar-refractivity contribution is 5.81. The van der Waals surface area contributed by atoms with E-state index in [4.69, 9.17) is 9.47 Å². The van der Waals surface area contributed by atoms with Crippen molar-refractivity contribution in [2.45, 2.75) is 12.6 Å². The number of halogens is 4. The van der Waals surface area contributed by atoms with Gasteiger partial charge in [-0.3, -0.25) is 4.79 Å². The standard InChI is InChI=1S/C14H15F4NO3/c1-21-11-8-10(4-6-19-13(20)14(16,17)18)12(22-2)7-9(11)3-5-15/h3,5,7-8H,4,6H2,1-2H3,(H,19,20)/b5-3+. The predicted molar refractivity (Wildman–Crippen MR) is 72.5 cm³/mol. The third-order valence-electron chi connectivity index (χ3n) is 2.81. The summed E-state index contributed by atoms with van der Waals surface area (Å²) in [6.07, 6.45) is -3.32. The summed E-state index contributed by atoms with van der Waals surface area (Å²) in [7, 11) is 2.76. The molecule has 1 aromatic carbocycles. The van der Waals surface area contributed by atoms with E-state index in [0.29, 0.717) is 29.0 Å². The third kappa shape index (κ3) is 4.64. The molecule has 0 saturated carbocycles. The van der Waals surface area contributed by atoms with Crippen LogP contribution in [0.4, 0.5) is 17.6 Å². The maximum atomic E-state index is 12.3. The lowest BCUT2D eigenvalue weighted by Crippen LogP contribution is -2.37. The van der Waals surface area contributed by atoms with Crippen LogP contribution in [0.5, 0.6) is 11.5 Å². The average molecular weight is 321 g/mol. The van der Waals surface area contributed by atoms with Gasteiger partial charge in [0, 0.05) is 12.1 Å². The molecule has 0 radical (unpaired) electrons. The molecule has 122 valence electrons. The van der Waals surface area contributed by atoms with Gasteiger partial charge in [-0.1, -0.05) is 0 Å². The van der Waals surface area contributed by atoms with Crippen LogP contribution in [0.3, 0.4) is 0 Å². The maximum Gasteiger partial charge on any atom is 0.471 e. The largest absolute Gasteiger partial charge is 0.496 e. The topological polar surface area (TPSA) is 47.6 Å². The quantitative estimate of drug-likeness (QED) is 0.820. The molecule has 0 spiro atoms. The molecular formula is C14H15F4NO3. The molecule has 0 bridgehead atoms. The lowest BCUT2D eigenvalue weighted by atomic mass is 10.1. The van der Waals surface area contributed by atoms with E-state index in [1.807, 2.05) is 0 Å². The summed E-state index contributed by atoms with van der Waals surface area (Å²) in [5, 5.41) is 1.77. The maximum absolute atomic E-state index is 12.3. The number of alkyl halides is 3. The fourth-order valence-electron chi connectivity index (χ4n) is 1.79. The van der Waals surface area contributed by atoms with Crippen LogP contribution in [0.15, 0.2) is 18.5 Å². The smallest absolute Gasteiger partial charge is 0.471 e. The van der Waals surface area contributed by atoms with Gasteiger partial charge in [0.2, 0.25) is 0 Å². The Morgan fingerprint density at radius 3 is 2.36 bits per heavy atom. The predicted octanol–water partition coefficient (Wildman–Crippen LogP) is 2.87. The van der Waals surface area contributed by atoms with Crippen molar-refractivity contribution >= 4 is 12.0 Å². The minimum Gasteiger partial charge on any atom is -0.496 e. The number of ether oxygens (including phenoxy) is 2. The van der Waals surface area contributed by atoms with Gasteiger partial charge >= 0.3 is 12.1 Å². The zero-order valence-corrected chi connectivity index (χ0v) is 12.0. The van der Waals surface area contributed by atoms with Crippen molar-refractivity contribution in [3.05, 3.63) is 29.6 Å². The number of nitrogens with one attached hydrogen (secondary N) is 1. The van der Waals surface area contributed by atoms with Crippen molar-refractivity contribution in [3.8, 4) is 11.5 Å². The molecule has 0 fully saturated rings. The van der Waals surface area contributed by atoms with Crippen molar-refractivity contribution in [2.24, 2.45) is 0 Å². The number of carbonyl (C=O) groups excluding carboxylic acids is 1.